The molecule has 138 valence electrons. The minimum atomic E-state index is -0.298. The molecule has 1 amide bonds. The van der Waals surface area contributed by atoms with Crippen LogP contribution in [0.1, 0.15) is 40.4 Å². The van der Waals surface area contributed by atoms with Gasteiger partial charge >= 0.3 is 0 Å². The van der Waals surface area contributed by atoms with Crippen molar-refractivity contribution in [2.45, 2.75) is 31.9 Å². The van der Waals surface area contributed by atoms with Gasteiger partial charge < -0.3 is 19.9 Å². The number of hydrogen-bond donors (Lipinski definition) is 2. The lowest BCUT2D eigenvalue weighted by Crippen LogP contribution is -2.41. The normalized spacial score (nSPS) is 20.0. The highest BCUT2D eigenvalue weighted by molar-refractivity contribution is 5.96. The van der Waals surface area contributed by atoms with E-state index in [0.717, 1.165) is 16.9 Å². The molecule has 1 aromatic carbocycles. The molecule has 1 fully saturated rings. The van der Waals surface area contributed by atoms with Crippen LogP contribution in [0.25, 0.3) is 0 Å². The van der Waals surface area contributed by atoms with Crippen molar-refractivity contribution in [2.24, 2.45) is 5.92 Å². The van der Waals surface area contributed by atoms with E-state index in [1.54, 1.807) is 38.6 Å². The molecule has 6 heteroatoms. The first-order chi connectivity index (χ1) is 12.5. The second-order valence-corrected chi connectivity index (χ2v) is 6.65. The lowest BCUT2D eigenvalue weighted by Gasteiger charge is -2.38. The standard InChI is InChI=1S/C20H24N2O4/c1-12-8-16(25-2)5-6-17(12)20(24)22-19(14-9-15(23)10-14)13-4-7-18(26-3)21-11-13/h4-8,11,14-15,19,23H,9-10H2,1-3H3,(H,22,24)/t14?,15?,19-/m0/s1. The Kier molecular flexibility index (Phi) is 5.42. The third-order valence-corrected chi connectivity index (χ3v) is 4.91. The summed E-state index contributed by atoms with van der Waals surface area (Å²) < 4.78 is 10.3. The third-order valence-electron chi connectivity index (χ3n) is 4.91. The van der Waals surface area contributed by atoms with Crippen LogP contribution < -0.4 is 14.8 Å². The van der Waals surface area contributed by atoms with E-state index in [4.69, 9.17) is 9.47 Å². The molecule has 1 aliphatic rings. The highest BCUT2D eigenvalue weighted by Gasteiger charge is 2.36. The molecule has 1 atom stereocenters. The number of carbonyl (C=O) groups is 1. The Hall–Kier alpha value is -2.60. The molecular weight excluding hydrogens is 332 g/mol. The lowest BCUT2D eigenvalue weighted by atomic mass is 9.75. The van der Waals surface area contributed by atoms with Gasteiger partial charge in [0.05, 0.1) is 26.4 Å². The van der Waals surface area contributed by atoms with Gasteiger partial charge in [0.15, 0.2) is 0 Å². The van der Waals surface area contributed by atoms with Crippen molar-refractivity contribution in [2.75, 3.05) is 14.2 Å². The largest absolute Gasteiger partial charge is 0.497 e. The van der Waals surface area contributed by atoms with E-state index in [1.807, 2.05) is 19.1 Å². The fourth-order valence-electron chi connectivity index (χ4n) is 3.31. The van der Waals surface area contributed by atoms with Crippen molar-refractivity contribution in [3.8, 4) is 11.6 Å². The van der Waals surface area contributed by atoms with E-state index < -0.39 is 0 Å². The monoisotopic (exact) mass is 356 g/mol. The summed E-state index contributed by atoms with van der Waals surface area (Å²) in [5.41, 5.74) is 2.36. The topological polar surface area (TPSA) is 80.7 Å². The van der Waals surface area contributed by atoms with Crippen molar-refractivity contribution < 1.29 is 19.4 Å². The van der Waals surface area contributed by atoms with Gasteiger partial charge in [0.25, 0.3) is 5.91 Å². The van der Waals surface area contributed by atoms with Gasteiger partial charge in [-0.25, -0.2) is 4.98 Å². The number of aliphatic hydroxyl groups excluding tert-OH is 1. The Bertz CT molecular complexity index is 770. The minimum Gasteiger partial charge on any atom is -0.497 e. The first-order valence-corrected chi connectivity index (χ1v) is 8.65. The second-order valence-electron chi connectivity index (χ2n) is 6.65. The van der Waals surface area contributed by atoms with Crippen LogP contribution in [0, 0.1) is 12.8 Å². The number of ether oxygens (including phenoxy) is 2. The molecule has 1 aromatic heterocycles. The first kappa shape index (κ1) is 18.2. The van der Waals surface area contributed by atoms with Crippen LogP contribution in [0.5, 0.6) is 11.6 Å². The smallest absolute Gasteiger partial charge is 0.252 e. The van der Waals surface area contributed by atoms with Crippen molar-refractivity contribution in [3.05, 3.63) is 53.2 Å². The summed E-state index contributed by atoms with van der Waals surface area (Å²) >= 11 is 0. The van der Waals surface area contributed by atoms with E-state index in [0.29, 0.717) is 24.3 Å². The molecule has 2 N–H and O–H groups in total. The van der Waals surface area contributed by atoms with Crippen molar-refractivity contribution in [3.63, 3.8) is 0 Å². The molecule has 0 bridgehead atoms. The Balaban J connectivity index is 1.82. The number of aryl methyl sites for hydroxylation is 1. The highest BCUT2D eigenvalue weighted by Crippen LogP contribution is 2.38. The molecule has 0 saturated heterocycles. The van der Waals surface area contributed by atoms with Gasteiger partial charge in [-0.2, -0.15) is 0 Å². The Labute approximate surface area is 153 Å². The molecule has 0 unspecified atom stereocenters. The summed E-state index contributed by atoms with van der Waals surface area (Å²) in [6.45, 7) is 1.88. The molecule has 1 heterocycles. The Morgan fingerprint density at radius 1 is 1.23 bits per heavy atom. The van der Waals surface area contributed by atoms with Crippen LogP contribution in [-0.2, 0) is 0 Å². The molecular formula is C20H24N2O4. The lowest BCUT2D eigenvalue weighted by molar-refractivity contribution is 0.0234. The molecule has 3 rings (SSSR count). The summed E-state index contributed by atoms with van der Waals surface area (Å²) in [6, 6.07) is 8.86. The van der Waals surface area contributed by atoms with Crippen molar-refractivity contribution >= 4 is 5.91 Å². The maximum Gasteiger partial charge on any atom is 0.252 e. The number of aromatic nitrogens is 1. The predicted molar refractivity (Wildman–Crippen MR) is 97.5 cm³/mol. The number of benzene rings is 1. The number of pyridine rings is 1. The molecule has 0 radical (unpaired) electrons. The average Bonchev–Trinajstić information content (AvgIpc) is 2.63. The molecule has 1 saturated carbocycles. The van der Waals surface area contributed by atoms with Crippen molar-refractivity contribution in [1.82, 2.24) is 10.3 Å². The molecule has 2 aromatic rings. The van der Waals surface area contributed by atoms with Crippen LogP contribution in [0.4, 0.5) is 0 Å². The maximum absolute atomic E-state index is 12.8. The zero-order valence-corrected chi connectivity index (χ0v) is 15.2. The van der Waals surface area contributed by atoms with Gasteiger partial charge in [-0.3, -0.25) is 4.79 Å². The zero-order chi connectivity index (χ0) is 18.7. The van der Waals surface area contributed by atoms with E-state index in [-0.39, 0.29) is 24.0 Å². The van der Waals surface area contributed by atoms with Gasteiger partial charge in [0, 0.05) is 17.8 Å². The van der Waals surface area contributed by atoms with Crippen LogP contribution in [0.15, 0.2) is 36.5 Å². The van der Waals surface area contributed by atoms with Crippen LogP contribution >= 0.6 is 0 Å². The summed E-state index contributed by atoms with van der Waals surface area (Å²) in [4.78, 5) is 17.1. The zero-order valence-electron chi connectivity index (χ0n) is 15.2. The third kappa shape index (κ3) is 3.80. The number of hydrogen-bond acceptors (Lipinski definition) is 5. The number of aliphatic hydroxyl groups is 1. The fourth-order valence-corrected chi connectivity index (χ4v) is 3.31. The summed E-state index contributed by atoms with van der Waals surface area (Å²) in [5, 5.41) is 12.8. The minimum absolute atomic E-state index is 0.146. The molecule has 0 aliphatic heterocycles. The van der Waals surface area contributed by atoms with Crippen LogP contribution in [0.2, 0.25) is 0 Å². The molecule has 0 spiro atoms. The van der Waals surface area contributed by atoms with Crippen LogP contribution in [0.3, 0.4) is 0 Å². The van der Waals surface area contributed by atoms with E-state index in [2.05, 4.69) is 10.3 Å². The van der Waals surface area contributed by atoms with Gasteiger partial charge in [-0.1, -0.05) is 6.07 Å². The number of amides is 1. The van der Waals surface area contributed by atoms with Gasteiger partial charge in [0.1, 0.15) is 5.75 Å². The first-order valence-electron chi connectivity index (χ1n) is 8.65. The highest BCUT2D eigenvalue weighted by atomic mass is 16.5. The predicted octanol–water partition coefficient (Wildman–Crippen LogP) is 2.65. The summed E-state index contributed by atoms with van der Waals surface area (Å²) in [6.07, 6.45) is 2.75. The Morgan fingerprint density at radius 2 is 2.00 bits per heavy atom. The average molecular weight is 356 g/mol. The maximum atomic E-state index is 12.8. The summed E-state index contributed by atoms with van der Waals surface area (Å²) in [7, 11) is 3.17. The van der Waals surface area contributed by atoms with Gasteiger partial charge in [-0.15, -0.1) is 0 Å². The number of nitrogens with zero attached hydrogens (tertiary/aromatic N) is 1. The van der Waals surface area contributed by atoms with E-state index in [1.165, 1.54) is 0 Å². The molecule has 26 heavy (non-hydrogen) atoms. The van der Waals surface area contributed by atoms with E-state index >= 15 is 0 Å². The van der Waals surface area contributed by atoms with Crippen molar-refractivity contribution in [1.29, 1.82) is 0 Å². The van der Waals surface area contributed by atoms with Gasteiger partial charge in [0.2, 0.25) is 5.88 Å². The SMILES string of the molecule is COc1ccc(C(=O)N[C@@H](c2ccc(OC)nc2)C2CC(O)C2)c(C)c1. The fraction of sp³-hybridized carbons (Fsp3) is 0.400. The number of rotatable bonds is 6. The summed E-state index contributed by atoms with van der Waals surface area (Å²) in [5.74, 6) is 1.28. The quantitative estimate of drug-likeness (QED) is 0.832. The second kappa shape index (κ2) is 7.74. The molecule has 6 nitrogen and oxygen atoms in total. The van der Waals surface area contributed by atoms with Gasteiger partial charge in [-0.05, 0) is 55.0 Å². The number of carbonyl (C=O) groups excluding carboxylic acids is 1. The van der Waals surface area contributed by atoms with E-state index in [9.17, 15) is 9.90 Å². The number of nitrogens with one attached hydrogen (secondary N) is 1. The number of methoxy groups -OCH3 is 2. The Morgan fingerprint density at radius 3 is 2.54 bits per heavy atom. The molecule has 1 aliphatic carbocycles. The van der Waals surface area contributed by atoms with Crippen LogP contribution in [-0.4, -0.2) is 36.3 Å².